The summed E-state index contributed by atoms with van der Waals surface area (Å²) < 4.78 is 41.6. The van der Waals surface area contributed by atoms with Crippen molar-refractivity contribution in [3.05, 3.63) is 35.7 Å². The fourth-order valence-electron chi connectivity index (χ4n) is 1.83. The lowest BCUT2D eigenvalue weighted by Gasteiger charge is -2.09. The fourth-order valence-corrected chi connectivity index (χ4v) is 1.83. The molecule has 1 aromatic carbocycles. The largest absolute Gasteiger partial charge is 0.471 e. The van der Waals surface area contributed by atoms with E-state index in [2.05, 4.69) is 25.1 Å². The summed E-state index contributed by atoms with van der Waals surface area (Å²) in [7, 11) is 0. The van der Waals surface area contributed by atoms with Gasteiger partial charge in [0.05, 0.1) is 12.3 Å². The van der Waals surface area contributed by atoms with Gasteiger partial charge in [-0.05, 0) is 25.5 Å². The molecule has 2 rings (SSSR count). The van der Waals surface area contributed by atoms with Crippen molar-refractivity contribution < 1.29 is 27.3 Å². The molecule has 1 heterocycles. The van der Waals surface area contributed by atoms with Crippen LogP contribution in [0.5, 0.6) is 0 Å². The maximum absolute atomic E-state index is 12.5. The molecule has 0 saturated carbocycles. The fraction of sp³-hybridized carbons (Fsp3) is 0.375. The number of halogens is 3. The van der Waals surface area contributed by atoms with Crippen molar-refractivity contribution in [3.8, 4) is 11.4 Å². The number of benzene rings is 1. The number of carbonyl (C=O) groups is 1. The second-order valence-corrected chi connectivity index (χ2v) is 5.35. The van der Waals surface area contributed by atoms with Gasteiger partial charge in [-0.15, -0.1) is 0 Å². The highest BCUT2D eigenvalue weighted by Crippen LogP contribution is 2.29. The number of hydrogen-bond acceptors (Lipinski definition) is 6. The summed E-state index contributed by atoms with van der Waals surface area (Å²) in [4.78, 5) is 20.4. The normalized spacial score (nSPS) is 13.0. The minimum atomic E-state index is -4.70. The molecular weight excluding hydrogens is 353 g/mol. The Bertz CT molecular complexity index is 757. The van der Waals surface area contributed by atoms with E-state index in [-0.39, 0.29) is 17.8 Å². The van der Waals surface area contributed by atoms with Gasteiger partial charge in [0.1, 0.15) is 6.61 Å². The number of aromatic nitrogens is 2. The Hall–Kier alpha value is -2.91. The van der Waals surface area contributed by atoms with Crippen LogP contribution in [0.4, 0.5) is 13.2 Å². The van der Waals surface area contributed by atoms with Crippen molar-refractivity contribution in [1.29, 1.82) is 0 Å². The Balaban J connectivity index is 1.99. The van der Waals surface area contributed by atoms with Gasteiger partial charge in [-0.2, -0.15) is 18.2 Å². The molecule has 1 unspecified atom stereocenters. The average Bonchev–Trinajstić information content (AvgIpc) is 3.09. The molecule has 10 heteroatoms. The lowest BCUT2D eigenvalue weighted by molar-refractivity contribution is -0.159. The predicted molar refractivity (Wildman–Crippen MR) is 86.4 cm³/mol. The number of rotatable bonds is 7. The zero-order chi connectivity index (χ0) is 19.2. The van der Waals surface area contributed by atoms with E-state index >= 15 is 0 Å². The molecule has 140 valence electrons. The van der Waals surface area contributed by atoms with Gasteiger partial charge in [0.25, 0.3) is 5.91 Å². The molecule has 26 heavy (non-hydrogen) atoms. The Morgan fingerprint density at radius 1 is 1.38 bits per heavy atom. The van der Waals surface area contributed by atoms with Crippen molar-refractivity contribution in [3.63, 3.8) is 0 Å². The summed E-state index contributed by atoms with van der Waals surface area (Å²) in [5.74, 6) is -2.00. The van der Waals surface area contributed by atoms with E-state index in [1.807, 2.05) is 6.92 Å². The summed E-state index contributed by atoms with van der Waals surface area (Å²) >= 11 is 0. The lowest BCUT2D eigenvalue weighted by atomic mass is 10.1. The zero-order valence-corrected chi connectivity index (χ0v) is 14.1. The summed E-state index contributed by atoms with van der Waals surface area (Å²) in [6.07, 6.45) is -2.42. The van der Waals surface area contributed by atoms with Crippen molar-refractivity contribution in [1.82, 2.24) is 15.5 Å². The first-order chi connectivity index (χ1) is 12.3. The van der Waals surface area contributed by atoms with Crippen LogP contribution < -0.4 is 5.32 Å². The first-order valence-corrected chi connectivity index (χ1v) is 7.79. The van der Waals surface area contributed by atoms with Gasteiger partial charge >= 0.3 is 12.1 Å². The molecule has 1 amide bonds. The third kappa shape index (κ3) is 5.30. The first-order valence-electron chi connectivity index (χ1n) is 7.79. The van der Waals surface area contributed by atoms with Crippen molar-refractivity contribution in [2.24, 2.45) is 5.16 Å². The highest BCUT2D eigenvalue weighted by atomic mass is 19.4. The van der Waals surface area contributed by atoms with Crippen LogP contribution in [0.25, 0.3) is 11.4 Å². The number of carbonyl (C=O) groups excluding carboxylic acids is 1. The maximum Gasteiger partial charge on any atom is 0.471 e. The second kappa shape index (κ2) is 8.45. The molecule has 2 aromatic rings. The summed E-state index contributed by atoms with van der Waals surface area (Å²) in [5.41, 5.74) is 0.617. The quantitative estimate of drug-likeness (QED) is 0.459. The van der Waals surface area contributed by atoms with Crippen LogP contribution in [0.1, 0.15) is 36.5 Å². The van der Waals surface area contributed by atoms with E-state index in [0.29, 0.717) is 17.7 Å². The van der Waals surface area contributed by atoms with Crippen LogP contribution in [0, 0.1) is 0 Å². The molecule has 0 bridgehead atoms. The molecule has 7 nitrogen and oxygen atoms in total. The maximum atomic E-state index is 12.5. The van der Waals surface area contributed by atoms with Crippen LogP contribution in [0.2, 0.25) is 0 Å². The van der Waals surface area contributed by atoms with Gasteiger partial charge in [-0.1, -0.05) is 29.4 Å². The molecule has 0 aliphatic carbocycles. The van der Waals surface area contributed by atoms with E-state index in [4.69, 9.17) is 4.84 Å². The molecule has 1 atom stereocenters. The van der Waals surface area contributed by atoms with Gasteiger partial charge in [0.2, 0.25) is 5.82 Å². The lowest BCUT2D eigenvalue weighted by Crippen LogP contribution is -2.33. The van der Waals surface area contributed by atoms with Gasteiger partial charge in [-0.3, -0.25) is 4.79 Å². The molecule has 1 aromatic heterocycles. The predicted octanol–water partition coefficient (Wildman–Crippen LogP) is 3.29. The standard InChI is InChI=1S/C16H17F3N4O3/c1-3-8-25-20-9-10(2)21-14(24)12-6-4-11(5-7-12)13-22-15(26-23-13)16(17,18)19/h4-7,9-10H,3,8H2,1-2H3,(H,21,24). The van der Waals surface area contributed by atoms with Crippen molar-refractivity contribution in [2.75, 3.05) is 6.61 Å². The average molecular weight is 370 g/mol. The summed E-state index contributed by atoms with van der Waals surface area (Å²) in [5, 5.41) is 9.70. The SMILES string of the molecule is CCCON=CC(C)NC(=O)c1ccc(-c2noc(C(F)(F)F)n2)cc1. The summed E-state index contributed by atoms with van der Waals surface area (Å²) in [6.45, 7) is 4.16. The van der Waals surface area contributed by atoms with E-state index in [0.717, 1.165) is 6.42 Å². The van der Waals surface area contributed by atoms with Crippen molar-refractivity contribution >= 4 is 12.1 Å². The zero-order valence-electron chi connectivity index (χ0n) is 14.1. The number of nitrogens with one attached hydrogen (secondary N) is 1. The van der Waals surface area contributed by atoms with Gasteiger partial charge in [-0.25, -0.2) is 0 Å². The Morgan fingerprint density at radius 2 is 2.08 bits per heavy atom. The van der Waals surface area contributed by atoms with E-state index in [9.17, 15) is 18.0 Å². The van der Waals surface area contributed by atoms with E-state index < -0.39 is 12.1 Å². The molecule has 0 fully saturated rings. The molecule has 0 aliphatic heterocycles. The second-order valence-electron chi connectivity index (χ2n) is 5.35. The van der Waals surface area contributed by atoms with Crippen LogP contribution in [-0.2, 0) is 11.0 Å². The van der Waals surface area contributed by atoms with E-state index in [1.165, 1.54) is 30.5 Å². The minimum absolute atomic E-state index is 0.210. The Kier molecular flexibility index (Phi) is 6.31. The van der Waals surface area contributed by atoms with Gasteiger partial charge in [0.15, 0.2) is 0 Å². The molecule has 0 aliphatic rings. The molecular formula is C16H17F3N4O3. The molecule has 0 saturated heterocycles. The van der Waals surface area contributed by atoms with Crippen molar-refractivity contribution in [2.45, 2.75) is 32.5 Å². The van der Waals surface area contributed by atoms with Gasteiger partial charge in [0, 0.05) is 11.1 Å². The Morgan fingerprint density at radius 3 is 2.65 bits per heavy atom. The number of amides is 1. The third-order valence-electron chi connectivity index (χ3n) is 3.09. The smallest absolute Gasteiger partial charge is 0.396 e. The number of hydrogen-bond donors (Lipinski definition) is 1. The third-order valence-corrected chi connectivity index (χ3v) is 3.09. The topological polar surface area (TPSA) is 89.6 Å². The molecule has 0 radical (unpaired) electrons. The number of nitrogens with zero attached hydrogens (tertiary/aromatic N) is 3. The monoisotopic (exact) mass is 370 g/mol. The summed E-state index contributed by atoms with van der Waals surface area (Å²) in [6, 6.07) is 5.41. The van der Waals surface area contributed by atoms with Crippen LogP contribution in [0.3, 0.4) is 0 Å². The molecule has 0 spiro atoms. The Labute approximate surface area is 147 Å². The highest BCUT2D eigenvalue weighted by molar-refractivity contribution is 5.96. The van der Waals surface area contributed by atoms with Gasteiger partial charge < -0.3 is 14.7 Å². The minimum Gasteiger partial charge on any atom is -0.396 e. The number of oxime groups is 1. The van der Waals surface area contributed by atoms with Crippen LogP contribution >= 0.6 is 0 Å². The van der Waals surface area contributed by atoms with Crippen LogP contribution in [-0.4, -0.2) is 34.9 Å². The number of alkyl halides is 3. The van der Waals surface area contributed by atoms with E-state index in [1.54, 1.807) is 6.92 Å². The highest BCUT2D eigenvalue weighted by Gasteiger charge is 2.38. The molecule has 1 N–H and O–H groups in total. The first kappa shape index (κ1) is 19.4. The van der Waals surface area contributed by atoms with Crippen LogP contribution in [0.15, 0.2) is 33.9 Å².